The van der Waals surface area contributed by atoms with Crippen LogP contribution in [0.5, 0.6) is 0 Å². The largest absolute Gasteiger partial charge is 0.444 e. The number of hydrogen-bond donors (Lipinski definition) is 1. The standard InChI is InChI=1S/C18H30N2O2/c1-13-8-9-14(2)16(12-13)15(3)19-10-11-20(7)17(21)22-18(4,5)6/h8-9,12,15,19H,10-11H2,1-7H3. The normalized spacial score (nSPS) is 12.9. The van der Waals surface area contributed by atoms with E-state index < -0.39 is 5.60 Å². The quantitative estimate of drug-likeness (QED) is 0.899. The highest BCUT2D eigenvalue weighted by atomic mass is 16.6. The predicted molar refractivity (Wildman–Crippen MR) is 91.2 cm³/mol. The molecule has 4 nitrogen and oxygen atoms in total. The summed E-state index contributed by atoms with van der Waals surface area (Å²) in [6.45, 7) is 13.3. The zero-order valence-electron chi connectivity index (χ0n) is 15.0. The number of hydrogen-bond acceptors (Lipinski definition) is 3. The summed E-state index contributed by atoms with van der Waals surface area (Å²) in [6, 6.07) is 6.74. The SMILES string of the molecule is Cc1ccc(C)c(C(C)NCCN(C)C(=O)OC(C)(C)C)c1. The molecule has 0 saturated carbocycles. The first-order chi connectivity index (χ1) is 10.1. The van der Waals surface area contributed by atoms with E-state index in [-0.39, 0.29) is 12.1 Å². The van der Waals surface area contributed by atoms with Crippen LogP contribution in [-0.4, -0.2) is 36.7 Å². The fourth-order valence-electron chi connectivity index (χ4n) is 2.22. The average Bonchev–Trinajstić information content (AvgIpc) is 2.39. The van der Waals surface area contributed by atoms with Crippen molar-refractivity contribution in [3.63, 3.8) is 0 Å². The molecule has 124 valence electrons. The lowest BCUT2D eigenvalue weighted by Crippen LogP contribution is -2.38. The molecular weight excluding hydrogens is 276 g/mol. The molecule has 1 unspecified atom stereocenters. The topological polar surface area (TPSA) is 41.6 Å². The molecule has 0 aliphatic carbocycles. The highest BCUT2D eigenvalue weighted by molar-refractivity contribution is 5.67. The Morgan fingerprint density at radius 3 is 2.55 bits per heavy atom. The number of rotatable bonds is 5. The molecule has 4 heteroatoms. The summed E-state index contributed by atoms with van der Waals surface area (Å²) in [5.41, 5.74) is 3.40. The Bertz CT molecular complexity index is 506. The van der Waals surface area contributed by atoms with Crippen molar-refractivity contribution in [2.75, 3.05) is 20.1 Å². The second-order valence-corrected chi connectivity index (χ2v) is 6.94. The summed E-state index contributed by atoms with van der Waals surface area (Å²) in [5, 5.41) is 3.47. The van der Waals surface area contributed by atoms with Crippen LogP contribution in [-0.2, 0) is 4.74 Å². The summed E-state index contributed by atoms with van der Waals surface area (Å²) in [5.74, 6) is 0. The molecule has 0 aliphatic heterocycles. The molecule has 0 saturated heterocycles. The maximum absolute atomic E-state index is 11.9. The Morgan fingerprint density at radius 2 is 1.95 bits per heavy atom. The number of carbonyl (C=O) groups excluding carboxylic acids is 1. The van der Waals surface area contributed by atoms with Gasteiger partial charge in [0, 0.05) is 26.2 Å². The van der Waals surface area contributed by atoms with Crippen LogP contribution in [0.2, 0.25) is 0 Å². The van der Waals surface area contributed by atoms with Crippen molar-refractivity contribution in [1.29, 1.82) is 0 Å². The second kappa shape index (κ2) is 7.63. The van der Waals surface area contributed by atoms with Crippen LogP contribution >= 0.6 is 0 Å². The van der Waals surface area contributed by atoms with Crippen molar-refractivity contribution < 1.29 is 9.53 Å². The monoisotopic (exact) mass is 306 g/mol. The molecule has 0 bridgehead atoms. The van der Waals surface area contributed by atoms with Crippen LogP contribution < -0.4 is 5.32 Å². The molecule has 0 fully saturated rings. The molecule has 1 aromatic rings. The van der Waals surface area contributed by atoms with Crippen LogP contribution in [0.3, 0.4) is 0 Å². The third-order valence-corrected chi connectivity index (χ3v) is 3.50. The van der Waals surface area contributed by atoms with Crippen LogP contribution in [0.1, 0.15) is 50.4 Å². The Balaban J connectivity index is 2.46. The van der Waals surface area contributed by atoms with Crippen molar-refractivity contribution in [1.82, 2.24) is 10.2 Å². The maximum atomic E-state index is 11.9. The van der Waals surface area contributed by atoms with E-state index in [1.807, 2.05) is 20.8 Å². The smallest absolute Gasteiger partial charge is 0.410 e. The fraction of sp³-hybridized carbons (Fsp3) is 0.611. The molecule has 1 aromatic carbocycles. The Hall–Kier alpha value is -1.55. The van der Waals surface area contributed by atoms with Gasteiger partial charge >= 0.3 is 6.09 Å². The number of nitrogens with one attached hydrogen (secondary N) is 1. The molecule has 0 aromatic heterocycles. The summed E-state index contributed by atoms with van der Waals surface area (Å²) in [4.78, 5) is 13.5. The molecule has 1 amide bonds. The van der Waals surface area contributed by atoms with Crippen molar-refractivity contribution in [3.8, 4) is 0 Å². The molecule has 1 rings (SSSR count). The van der Waals surface area contributed by atoms with E-state index in [0.29, 0.717) is 6.54 Å². The molecule has 0 heterocycles. The van der Waals surface area contributed by atoms with Crippen molar-refractivity contribution in [2.45, 2.75) is 53.2 Å². The lowest BCUT2D eigenvalue weighted by atomic mass is 10.00. The number of likely N-dealkylation sites (N-methyl/N-ethyl adjacent to an activating group) is 1. The Labute approximate surface area is 134 Å². The molecular formula is C18H30N2O2. The first-order valence-electron chi connectivity index (χ1n) is 7.85. The minimum absolute atomic E-state index is 0.256. The van der Waals surface area contributed by atoms with Gasteiger partial charge in [0.2, 0.25) is 0 Å². The second-order valence-electron chi connectivity index (χ2n) is 6.94. The molecule has 22 heavy (non-hydrogen) atoms. The highest BCUT2D eigenvalue weighted by Crippen LogP contribution is 2.18. The van der Waals surface area contributed by atoms with Crippen LogP contribution in [0.15, 0.2) is 18.2 Å². The third kappa shape index (κ3) is 6.06. The summed E-state index contributed by atoms with van der Waals surface area (Å²) in [6.07, 6.45) is -0.284. The van der Waals surface area contributed by atoms with E-state index in [2.05, 4.69) is 44.3 Å². The minimum Gasteiger partial charge on any atom is -0.444 e. The van der Waals surface area contributed by atoms with E-state index >= 15 is 0 Å². The van der Waals surface area contributed by atoms with Gasteiger partial charge in [0.1, 0.15) is 5.60 Å². The van der Waals surface area contributed by atoms with E-state index in [0.717, 1.165) is 6.54 Å². The zero-order valence-corrected chi connectivity index (χ0v) is 15.0. The molecule has 0 aliphatic rings. The molecule has 1 N–H and O–H groups in total. The predicted octanol–water partition coefficient (Wildman–Crippen LogP) is 3.82. The Kier molecular flexibility index (Phi) is 6.42. The third-order valence-electron chi connectivity index (χ3n) is 3.50. The van der Waals surface area contributed by atoms with Gasteiger partial charge in [0.25, 0.3) is 0 Å². The van der Waals surface area contributed by atoms with Gasteiger partial charge in [-0.25, -0.2) is 4.79 Å². The highest BCUT2D eigenvalue weighted by Gasteiger charge is 2.19. The van der Waals surface area contributed by atoms with Gasteiger partial charge in [-0.1, -0.05) is 23.8 Å². The van der Waals surface area contributed by atoms with Gasteiger partial charge in [-0.2, -0.15) is 0 Å². The van der Waals surface area contributed by atoms with Gasteiger partial charge in [0.05, 0.1) is 0 Å². The van der Waals surface area contributed by atoms with Gasteiger partial charge in [-0.3, -0.25) is 0 Å². The van der Waals surface area contributed by atoms with Crippen molar-refractivity contribution >= 4 is 6.09 Å². The van der Waals surface area contributed by atoms with Crippen LogP contribution in [0.25, 0.3) is 0 Å². The van der Waals surface area contributed by atoms with E-state index in [9.17, 15) is 4.79 Å². The number of aryl methyl sites for hydroxylation is 2. The fourth-order valence-corrected chi connectivity index (χ4v) is 2.22. The van der Waals surface area contributed by atoms with Crippen LogP contribution in [0.4, 0.5) is 4.79 Å². The summed E-state index contributed by atoms with van der Waals surface area (Å²) >= 11 is 0. The van der Waals surface area contributed by atoms with Gasteiger partial charge in [-0.15, -0.1) is 0 Å². The summed E-state index contributed by atoms with van der Waals surface area (Å²) in [7, 11) is 1.76. The number of amides is 1. The van der Waals surface area contributed by atoms with Crippen molar-refractivity contribution in [3.05, 3.63) is 34.9 Å². The lowest BCUT2D eigenvalue weighted by molar-refractivity contribution is 0.0299. The molecule has 1 atom stereocenters. The minimum atomic E-state index is -0.454. The van der Waals surface area contributed by atoms with E-state index in [4.69, 9.17) is 4.74 Å². The Morgan fingerprint density at radius 1 is 1.32 bits per heavy atom. The number of benzene rings is 1. The van der Waals surface area contributed by atoms with E-state index in [1.54, 1.807) is 11.9 Å². The van der Waals surface area contributed by atoms with Crippen molar-refractivity contribution in [2.24, 2.45) is 0 Å². The zero-order chi connectivity index (χ0) is 16.9. The maximum Gasteiger partial charge on any atom is 0.410 e. The lowest BCUT2D eigenvalue weighted by Gasteiger charge is -2.25. The van der Waals surface area contributed by atoms with Gasteiger partial charge in [-0.05, 0) is 52.7 Å². The number of nitrogens with zero attached hydrogens (tertiary/aromatic N) is 1. The summed E-state index contributed by atoms with van der Waals surface area (Å²) < 4.78 is 5.34. The first kappa shape index (κ1) is 18.5. The van der Waals surface area contributed by atoms with Crippen LogP contribution in [0, 0.1) is 13.8 Å². The molecule has 0 spiro atoms. The number of ether oxygens (including phenoxy) is 1. The first-order valence-corrected chi connectivity index (χ1v) is 7.85. The van der Waals surface area contributed by atoms with Gasteiger partial charge < -0.3 is 15.0 Å². The number of carbonyl (C=O) groups is 1. The van der Waals surface area contributed by atoms with Gasteiger partial charge in [0.15, 0.2) is 0 Å². The average molecular weight is 306 g/mol. The van der Waals surface area contributed by atoms with E-state index in [1.165, 1.54) is 16.7 Å². The molecule has 0 radical (unpaired) electrons.